The Balaban J connectivity index is 1.92. The zero-order valence-electron chi connectivity index (χ0n) is 9.89. The standard InChI is InChI=1S/C13H25N/c1-3-4-5-12(2)13-6-9-14(10-7-13)11-8-13/h12H,3-11H2,1-2H3. The van der Waals surface area contributed by atoms with Crippen molar-refractivity contribution >= 4 is 0 Å². The molecule has 3 rings (SSSR count). The highest BCUT2D eigenvalue weighted by Gasteiger charge is 2.42. The maximum absolute atomic E-state index is 2.65. The first kappa shape index (κ1) is 10.5. The first-order valence-electron chi connectivity index (χ1n) is 6.49. The Hall–Kier alpha value is -0.0400. The molecule has 0 saturated carbocycles. The Morgan fingerprint density at radius 1 is 1.14 bits per heavy atom. The number of hydrogen-bond acceptors (Lipinski definition) is 1. The van der Waals surface area contributed by atoms with Crippen LogP contribution in [0, 0.1) is 11.3 Å². The molecule has 3 fully saturated rings. The molecule has 1 nitrogen and oxygen atoms in total. The topological polar surface area (TPSA) is 3.24 Å². The molecule has 0 N–H and O–H groups in total. The van der Waals surface area contributed by atoms with Gasteiger partial charge in [-0.1, -0.05) is 33.1 Å². The maximum atomic E-state index is 2.65. The van der Waals surface area contributed by atoms with Crippen LogP contribution in [-0.4, -0.2) is 24.5 Å². The molecule has 0 aromatic rings. The van der Waals surface area contributed by atoms with Crippen LogP contribution in [0.1, 0.15) is 52.4 Å². The first-order chi connectivity index (χ1) is 6.77. The lowest BCUT2D eigenvalue weighted by molar-refractivity contribution is -0.0168. The predicted molar refractivity (Wildman–Crippen MR) is 61.4 cm³/mol. The molecule has 3 heterocycles. The van der Waals surface area contributed by atoms with Gasteiger partial charge in [-0.05, 0) is 50.2 Å². The van der Waals surface area contributed by atoms with Crippen molar-refractivity contribution in [1.29, 1.82) is 0 Å². The molecule has 0 amide bonds. The third-order valence-electron chi connectivity index (χ3n) is 4.81. The molecule has 0 aromatic carbocycles. The second-order valence-corrected chi connectivity index (χ2v) is 5.50. The summed E-state index contributed by atoms with van der Waals surface area (Å²) in [5, 5.41) is 0. The van der Waals surface area contributed by atoms with E-state index in [2.05, 4.69) is 18.7 Å². The Bertz CT molecular complexity index is 166. The van der Waals surface area contributed by atoms with Crippen molar-refractivity contribution in [2.24, 2.45) is 11.3 Å². The summed E-state index contributed by atoms with van der Waals surface area (Å²) in [4.78, 5) is 2.65. The molecule has 2 bridgehead atoms. The summed E-state index contributed by atoms with van der Waals surface area (Å²) in [5.74, 6) is 0.977. The van der Waals surface area contributed by atoms with E-state index in [1.54, 1.807) is 0 Å². The van der Waals surface area contributed by atoms with E-state index in [0.29, 0.717) is 0 Å². The number of nitrogens with zero attached hydrogens (tertiary/aromatic N) is 1. The minimum absolute atomic E-state index is 0.754. The van der Waals surface area contributed by atoms with Crippen LogP contribution in [0.15, 0.2) is 0 Å². The van der Waals surface area contributed by atoms with E-state index in [9.17, 15) is 0 Å². The fraction of sp³-hybridized carbons (Fsp3) is 1.00. The molecule has 0 aromatic heterocycles. The van der Waals surface area contributed by atoms with Crippen molar-refractivity contribution in [3.63, 3.8) is 0 Å². The third kappa shape index (κ3) is 1.84. The molecule has 3 aliphatic rings. The van der Waals surface area contributed by atoms with Gasteiger partial charge in [-0.3, -0.25) is 0 Å². The first-order valence-corrected chi connectivity index (χ1v) is 6.49. The van der Waals surface area contributed by atoms with Gasteiger partial charge >= 0.3 is 0 Å². The number of piperidine rings is 3. The summed E-state index contributed by atoms with van der Waals surface area (Å²) in [6.45, 7) is 8.98. The summed E-state index contributed by atoms with van der Waals surface area (Å²) < 4.78 is 0. The van der Waals surface area contributed by atoms with Crippen LogP contribution in [0.4, 0.5) is 0 Å². The Kier molecular flexibility index (Phi) is 3.16. The van der Waals surface area contributed by atoms with Gasteiger partial charge in [-0.25, -0.2) is 0 Å². The number of hydrogen-bond donors (Lipinski definition) is 0. The van der Waals surface area contributed by atoms with Crippen LogP contribution in [0.2, 0.25) is 0 Å². The van der Waals surface area contributed by atoms with Crippen molar-refractivity contribution in [2.45, 2.75) is 52.4 Å². The molecule has 82 valence electrons. The van der Waals surface area contributed by atoms with Gasteiger partial charge in [0.05, 0.1) is 0 Å². The van der Waals surface area contributed by atoms with Crippen LogP contribution in [-0.2, 0) is 0 Å². The van der Waals surface area contributed by atoms with Crippen molar-refractivity contribution in [3.05, 3.63) is 0 Å². The number of unbranched alkanes of at least 4 members (excludes halogenated alkanes) is 1. The molecule has 1 unspecified atom stereocenters. The van der Waals surface area contributed by atoms with Crippen LogP contribution in [0.3, 0.4) is 0 Å². The molecule has 0 radical (unpaired) electrons. The summed E-state index contributed by atoms with van der Waals surface area (Å²) >= 11 is 0. The second-order valence-electron chi connectivity index (χ2n) is 5.50. The van der Waals surface area contributed by atoms with Crippen LogP contribution in [0.25, 0.3) is 0 Å². The summed E-state index contributed by atoms with van der Waals surface area (Å²) in [5.41, 5.74) is 0.754. The molecular formula is C13H25N. The molecule has 0 aliphatic carbocycles. The maximum Gasteiger partial charge on any atom is -0.00133 e. The molecule has 3 aliphatic heterocycles. The van der Waals surface area contributed by atoms with E-state index in [0.717, 1.165) is 11.3 Å². The monoisotopic (exact) mass is 195 g/mol. The highest BCUT2D eigenvalue weighted by atomic mass is 15.1. The Morgan fingerprint density at radius 2 is 1.71 bits per heavy atom. The second kappa shape index (κ2) is 4.22. The Labute approximate surface area is 88.9 Å². The van der Waals surface area contributed by atoms with Gasteiger partial charge in [0.15, 0.2) is 0 Å². The van der Waals surface area contributed by atoms with E-state index in [1.165, 1.54) is 58.2 Å². The van der Waals surface area contributed by atoms with Gasteiger partial charge in [0.1, 0.15) is 0 Å². The van der Waals surface area contributed by atoms with Gasteiger partial charge < -0.3 is 4.90 Å². The van der Waals surface area contributed by atoms with Gasteiger partial charge in [-0.2, -0.15) is 0 Å². The average molecular weight is 195 g/mol. The highest BCUT2D eigenvalue weighted by Crippen LogP contribution is 2.47. The van der Waals surface area contributed by atoms with E-state index < -0.39 is 0 Å². The van der Waals surface area contributed by atoms with Crippen molar-refractivity contribution < 1.29 is 0 Å². The lowest BCUT2D eigenvalue weighted by Crippen LogP contribution is -2.50. The minimum Gasteiger partial charge on any atom is -0.303 e. The van der Waals surface area contributed by atoms with Crippen LogP contribution >= 0.6 is 0 Å². The van der Waals surface area contributed by atoms with Gasteiger partial charge in [0, 0.05) is 0 Å². The van der Waals surface area contributed by atoms with Crippen LogP contribution in [0.5, 0.6) is 0 Å². The van der Waals surface area contributed by atoms with Crippen molar-refractivity contribution in [2.75, 3.05) is 19.6 Å². The fourth-order valence-electron chi connectivity index (χ4n) is 3.41. The van der Waals surface area contributed by atoms with E-state index in [-0.39, 0.29) is 0 Å². The van der Waals surface area contributed by atoms with Gasteiger partial charge in [0.25, 0.3) is 0 Å². The van der Waals surface area contributed by atoms with E-state index >= 15 is 0 Å². The molecule has 1 heteroatoms. The summed E-state index contributed by atoms with van der Waals surface area (Å²) in [6.07, 6.45) is 8.73. The SMILES string of the molecule is CCCCC(C)C12CCN(CC1)CC2. The summed E-state index contributed by atoms with van der Waals surface area (Å²) in [7, 11) is 0. The quantitative estimate of drug-likeness (QED) is 0.665. The minimum atomic E-state index is 0.754. The Morgan fingerprint density at radius 3 is 2.21 bits per heavy atom. The smallest absolute Gasteiger partial charge is 0.00133 e. The molecular weight excluding hydrogens is 170 g/mol. The molecule has 3 saturated heterocycles. The fourth-order valence-corrected chi connectivity index (χ4v) is 3.41. The summed E-state index contributed by atoms with van der Waals surface area (Å²) in [6, 6.07) is 0. The van der Waals surface area contributed by atoms with Gasteiger partial charge in [-0.15, -0.1) is 0 Å². The van der Waals surface area contributed by atoms with Crippen molar-refractivity contribution in [3.8, 4) is 0 Å². The average Bonchev–Trinajstić information content (AvgIpc) is 2.28. The largest absolute Gasteiger partial charge is 0.303 e. The van der Waals surface area contributed by atoms with E-state index in [1.807, 2.05) is 0 Å². The lowest BCUT2D eigenvalue weighted by atomic mass is 9.63. The lowest BCUT2D eigenvalue weighted by Gasteiger charge is -2.52. The number of rotatable bonds is 4. The number of fused-ring (bicyclic) bond motifs is 3. The third-order valence-corrected chi connectivity index (χ3v) is 4.81. The molecule has 14 heavy (non-hydrogen) atoms. The van der Waals surface area contributed by atoms with Crippen molar-refractivity contribution in [1.82, 2.24) is 4.90 Å². The molecule has 1 atom stereocenters. The van der Waals surface area contributed by atoms with Gasteiger partial charge in [0.2, 0.25) is 0 Å². The van der Waals surface area contributed by atoms with Crippen LogP contribution < -0.4 is 0 Å². The zero-order valence-corrected chi connectivity index (χ0v) is 9.89. The molecule has 0 spiro atoms. The normalized spacial score (nSPS) is 38.6. The highest BCUT2D eigenvalue weighted by molar-refractivity contribution is 4.94. The predicted octanol–water partition coefficient (Wildman–Crippen LogP) is 3.30. The zero-order chi connectivity index (χ0) is 10.0. The van der Waals surface area contributed by atoms with E-state index in [4.69, 9.17) is 0 Å².